The van der Waals surface area contributed by atoms with Gasteiger partial charge in [0.05, 0.1) is 13.3 Å². The molecule has 0 spiro atoms. The Morgan fingerprint density at radius 3 is 2.81 bits per heavy atom. The van der Waals surface area contributed by atoms with Gasteiger partial charge in [0.1, 0.15) is 24.2 Å². The normalized spacial score (nSPS) is 10.8. The number of methoxy groups -OCH3 is 1. The van der Waals surface area contributed by atoms with Crippen LogP contribution in [0.3, 0.4) is 0 Å². The van der Waals surface area contributed by atoms with Gasteiger partial charge < -0.3 is 9.84 Å². The lowest BCUT2D eigenvalue weighted by Gasteiger charge is -2.02. The molecule has 0 radical (unpaired) electrons. The Morgan fingerprint density at radius 2 is 2.12 bits per heavy atom. The number of nitrogens with zero attached hydrogens (tertiary/aromatic N) is 4. The van der Waals surface area contributed by atoms with Crippen molar-refractivity contribution in [2.45, 2.75) is 0 Å². The molecule has 0 unspecified atom stereocenters. The minimum absolute atomic E-state index is 0.137. The Morgan fingerprint density at radius 1 is 1.38 bits per heavy atom. The lowest BCUT2D eigenvalue weighted by atomic mass is 10.2. The average Bonchev–Trinajstić information content (AvgIpc) is 2.81. The van der Waals surface area contributed by atoms with Gasteiger partial charge in [0.25, 0.3) is 0 Å². The molecule has 0 aliphatic rings. The molecule has 1 aromatic carbocycles. The maximum atomic E-state index is 9.57. The summed E-state index contributed by atoms with van der Waals surface area (Å²) in [5, 5.41) is 20.8. The van der Waals surface area contributed by atoms with Crippen LogP contribution in [-0.2, 0) is 0 Å². The van der Waals surface area contributed by atoms with Crippen LogP contribution in [0.2, 0.25) is 0 Å². The van der Waals surface area contributed by atoms with Crippen LogP contribution in [0.25, 0.3) is 0 Å². The monoisotopic (exact) mass is 218 g/mol. The fourth-order valence-electron chi connectivity index (χ4n) is 1.15. The van der Waals surface area contributed by atoms with Crippen LogP contribution >= 0.6 is 0 Å². The molecule has 1 N–H and O–H groups in total. The average molecular weight is 218 g/mol. The highest BCUT2D eigenvalue weighted by molar-refractivity contribution is 5.83. The maximum absolute atomic E-state index is 9.57. The van der Waals surface area contributed by atoms with Gasteiger partial charge in [0.15, 0.2) is 0 Å². The molecule has 0 bridgehead atoms. The van der Waals surface area contributed by atoms with E-state index in [4.69, 9.17) is 4.74 Å². The van der Waals surface area contributed by atoms with Gasteiger partial charge in [0.2, 0.25) is 0 Å². The lowest BCUT2D eigenvalue weighted by molar-refractivity contribution is 0.412. The van der Waals surface area contributed by atoms with E-state index in [1.807, 2.05) is 0 Å². The predicted octanol–water partition coefficient (Wildman–Crippen LogP) is 0.874. The minimum atomic E-state index is 0.137. The van der Waals surface area contributed by atoms with Crippen molar-refractivity contribution >= 4 is 6.21 Å². The molecule has 6 heteroatoms. The fraction of sp³-hybridized carbons (Fsp3) is 0.100. The van der Waals surface area contributed by atoms with Gasteiger partial charge in [-0.15, -0.1) is 10.2 Å². The second-order valence-corrected chi connectivity index (χ2v) is 3.01. The minimum Gasteiger partial charge on any atom is -0.507 e. The Hall–Kier alpha value is -2.37. The van der Waals surface area contributed by atoms with Crippen LogP contribution in [0.5, 0.6) is 11.5 Å². The smallest absolute Gasteiger partial charge is 0.141 e. The quantitative estimate of drug-likeness (QED) is 0.776. The number of rotatable bonds is 3. The van der Waals surface area contributed by atoms with Gasteiger partial charge >= 0.3 is 0 Å². The summed E-state index contributed by atoms with van der Waals surface area (Å²) in [6.07, 6.45) is 4.41. The van der Waals surface area contributed by atoms with Crippen LogP contribution in [-0.4, -0.2) is 33.3 Å². The second-order valence-electron chi connectivity index (χ2n) is 3.01. The van der Waals surface area contributed by atoms with Crippen molar-refractivity contribution in [2.24, 2.45) is 5.10 Å². The molecule has 6 nitrogen and oxygen atoms in total. The largest absolute Gasteiger partial charge is 0.507 e. The number of hydrogen-bond acceptors (Lipinski definition) is 5. The fourth-order valence-corrected chi connectivity index (χ4v) is 1.15. The van der Waals surface area contributed by atoms with Gasteiger partial charge in [-0.3, -0.25) is 0 Å². The van der Waals surface area contributed by atoms with Gasteiger partial charge in [-0.2, -0.15) is 5.10 Å². The Bertz CT molecular complexity index is 494. The van der Waals surface area contributed by atoms with E-state index in [0.29, 0.717) is 11.3 Å². The van der Waals surface area contributed by atoms with E-state index in [1.54, 1.807) is 25.3 Å². The van der Waals surface area contributed by atoms with Crippen LogP contribution in [0.4, 0.5) is 0 Å². The van der Waals surface area contributed by atoms with Gasteiger partial charge in [-0.1, -0.05) is 0 Å². The van der Waals surface area contributed by atoms with E-state index < -0.39 is 0 Å². The van der Waals surface area contributed by atoms with E-state index in [1.165, 1.54) is 23.5 Å². The van der Waals surface area contributed by atoms with Crippen LogP contribution in [0.15, 0.2) is 36.0 Å². The van der Waals surface area contributed by atoms with E-state index >= 15 is 0 Å². The van der Waals surface area contributed by atoms with Crippen molar-refractivity contribution in [3.63, 3.8) is 0 Å². The standard InChI is InChI=1S/C10H10N4O2/c1-16-9-2-3-10(15)8(4-9)5-13-14-6-11-12-7-14/h2-7,15H,1H3. The van der Waals surface area contributed by atoms with Crippen molar-refractivity contribution in [3.05, 3.63) is 36.4 Å². The summed E-state index contributed by atoms with van der Waals surface area (Å²) in [7, 11) is 1.56. The highest BCUT2D eigenvalue weighted by atomic mass is 16.5. The van der Waals surface area contributed by atoms with E-state index in [2.05, 4.69) is 15.3 Å². The first kappa shape index (κ1) is 10.2. The molecule has 0 aliphatic carbocycles. The summed E-state index contributed by atoms with van der Waals surface area (Å²) >= 11 is 0. The summed E-state index contributed by atoms with van der Waals surface area (Å²) in [5.41, 5.74) is 0.563. The molecule has 0 amide bonds. The molecule has 0 fully saturated rings. The molecule has 2 aromatic rings. The lowest BCUT2D eigenvalue weighted by Crippen LogP contribution is -1.90. The summed E-state index contributed by atoms with van der Waals surface area (Å²) < 4.78 is 6.47. The zero-order valence-corrected chi connectivity index (χ0v) is 8.61. The van der Waals surface area contributed by atoms with Crippen molar-refractivity contribution < 1.29 is 9.84 Å². The zero-order valence-electron chi connectivity index (χ0n) is 8.61. The third-order valence-electron chi connectivity index (χ3n) is 1.97. The number of hydrogen-bond donors (Lipinski definition) is 1. The van der Waals surface area contributed by atoms with Crippen molar-refractivity contribution in [1.82, 2.24) is 14.9 Å². The number of ether oxygens (including phenoxy) is 1. The van der Waals surface area contributed by atoms with E-state index in [9.17, 15) is 5.11 Å². The molecule has 1 aromatic heterocycles. The molecule has 0 atom stereocenters. The molecular weight excluding hydrogens is 208 g/mol. The van der Waals surface area contributed by atoms with Crippen molar-refractivity contribution in [2.75, 3.05) is 7.11 Å². The summed E-state index contributed by atoms with van der Waals surface area (Å²) in [6, 6.07) is 4.90. The van der Waals surface area contributed by atoms with Crippen LogP contribution in [0, 0.1) is 0 Å². The number of aromatic hydroxyl groups is 1. The number of aromatic nitrogens is 3. The second kappa shape index (κ2) is 4.43. The molecule has 0 saturated carbocycles. The van der Waals surface area contributed by atoms with Crippen molar-refractivity contribution in [3.8, 4) is 11.5 Å². The molecule has 1 heterocycles. The molecule has 0 aliphatic heterocycles. The summed E-state index contributed by atoms with van der Waals surface area (Å²) in [6.45, 7) is 0. The van der Waals surface area contributed by atoms with Crippen LogP contribution < -0.4 is 4.74 Å². The number of phenolic OH excluding ortho intramolecular Hbond substituents is 1. The Balaban J connectivity index is 2.26. The first-order chi connectivity index (χ1) is 7.79. The number of phenols is 1. The molecular formula is C10H10N4O2. The topological polar surface area (TPSA) is 72.5 Å². The summed E-state index contributed by atoms with van der Waals surface area (Å²) in [5.74, 6) is 0.792. The van der Waals surface area contributed by atoms with Gasteiger partial charge in [-0.05, 0) is 18.2 Å². The Labute approximate surface area is 91.8 Å². The summed E-state index contributed by atoms with van der Waals surface area (Å²) in [4.78, 5) is 0. The van der Waals surface area contributed by atoms with Crippen molar-refractivity contribution in [1.29, 1.82) is 0 Å². The third kappa shape index (κ3) is 2.17. The highest BCUT2D eigenvalue weighted by Gasteiger charge is 2.00. The predicted molar refractivity (Wildman–Crippen MR) is 57.7 cm³/mol. The zero-order chi connectivity index (χ0) is 11.4. The third-order valence-corrected chi connectivity index (χ3v) is 1.97. The maximum Gasteiger partial charge on any atom is 0.141 e. The van der Waals surface area contributed by atoms with Gasteiger partial charge in [0, 0.05) is 5.56 Å². The molecule has 0 saturated heterocycles. The molecule has 2 rings (SSSR count). The highest BCUT2D eigenvalue weighted by Crippen LogP contribution is 2.20. The number of benzene rings is 1. The molecule has 16 heavy (non-hydrogen) atoms. The SMILES string of the molecule is COc1ccc(O)c(C=Nn2cnnc2)c1. The van der Waals surface area contributed by atoms with Crippen LogP contribution in [0.1, 0.15) is 5.56 Å². The molecule has 82 valence electrons. The first-order valence-electron chi connectivity index (χ1n) is 4.55. The van der Waals surface area contributed by atoms with E-state index in [0.717, 1.165) is 0 Å². The van der Waals surface area contributed by atoms with E-state index in [-0.39, 0.29) is 5.75 Å². The Kier molecular flexibility index (Phi) is 2.81. The first-order valence-corrected chi connectivity index (χ1v) is 4.55. The van der Waals surface area contributed by atoms with Gasteiger partial charge in [-0.25, -0.2) is 4.68 Å².